The SMILES string of the molecule is O=C(NCc1ccc(F)c(F)c1)c1cc(C(=O)O)n2nc(-c3ccccc3)cc2n1. The van der Waals surface area contributed by atoms with Crippen LogP contribution >= 0.6 is 0 Å². The third kappa shape index (κ3) is 3.72. The summed E-state index contributed by atoms with van der Waals surface area (Å²) in [5.41, 5.74) is 1.43. The minimum Gasteiger partial charge on any atom is -0.477 e. The van der Waals surface area contributed by atoms with Gasteiger partial charge in [0.15, 0.2) is 23.0 Å². The normalized spacial score (nSPS) is 10.9. The summed E-state index contributed by atoms with van der Waals surface area (Å²) in [6.07, 6.45) is 0. The lowest BCUT2D eigenvalue weighted by Gasteiger charge is -2.07. The van der Waals surface area contributed by atoms with E-state index in [9.17, 15) is 23.5 Å². The fourth-order valence-corrected chi connectivity index (χ4v) is 2.92. The van der Waals surface area contributed by atoms with Crippen LogP contribution in [0.5, 0.6) is 0 Å². The molecule has 0 fully saturated rings. The number of carboxylic acid groups (broad SMARTS) is 1. The Morgan fingerprint density at radius 3 is 2.47 bits per heavy atom. The summed E-state index contributed by atoms with van der Waals surface area (Å²) in [4.78, 5) is 28.4. The highest BCUT2D eigenvalue weighted by Gasteiger charge is 2.18. The first-order chi connectivity index (χ1) is 14.4. The van der Waals surface area contributed by atoms with E-state index in [1.54, 1.807) is 6.07 Å². The molecule has 0 radical (unpaired) electrons. The highest BCUT2D eigenvalue weighted by molar-refractivity contribution is 5.96. The van der Waals surface area contributed by atoms with E-state index in [4.69, 9.17) is 0 Å². The van der Waals surface area contributed by atoms with Crippen LogP contribution in [-0.4, -0.2) is 31.6 Å². The average Bonchev–Trinajstić information content (AvgIpc) is 3.18. The van der Waals surface area contributed by atoms with E-state index in [-0.39, 0.29) is 23.6 Å². The number of halogens is 2. The molecule has 4 aromatic rings. The minimum atomic E-state index is -1.28. The lowest BCUT2D eigenvalue weighted by Crippen LogP contribution is -2.25. The summed E-state index contributed by atoms with van der Waals surface area (Å²) >= 11 is 0. The number of benzene rings is 2. The molecule has 0 saturated heterocycles. The molecule has 9 heteroatoms. The molecule has 2 aromatic carbocycles. The number of aromatic carboxylic acids is 1. The Morgan fingerprint density at radius 1 is 1.00 bits per heavy atom. The van der Waals surface area contributed by atoms with Crippen molar-refractivity contribution >= 4 is 17.5 Å². The summed E-state index contributed by atoms with van der Waals surface area (Å²) in [6.45, 7) is -0.0835. The zero-order chi connectivity index (χ0) is 21.3. The standard InChI is InChI=1S/C21H14F2N4O3/c22-14-7-6-12(8-15(14)23)11-24-20(28)17-9-18(21(29)30)27-19(25-17)10-16(26-27)13-4-2-1-3-5-13/h1-10H,11H2,(H,24,28)(H,29,30). The maximum Gasteiger partial charge on any atom is 0.354 e. The second-order valence-electron chi connectivity index (χ2n) is 6.43. The van der Waals surface area contributed by atoms with Crippen molar-refractivity contribution in [2.24, 2.45) is 0 Å². The van der Waals surface area contributed by atoms with E-state index >= 15 is 0 Å². The van der Waals surface area contributed by atoms with Crippen LogP contribution in [0.1, 0.15) is 26.5 Å². The summed E-state index contributed by atoms with van der Waals surface area (Å²) in [6, 6.07) is 15.1. The van der Waals surface area contributed by atoms with Crippen LogP contribution in [0.3, 0.4) is 0 Å². The topological polar surface area (TPSA) is 96.6 Å². The van der Waals surface area contributed by atoms with Crippen LogP contribution in [0.15, 0.2) is 60.7 Å². The molecule has 7 nitrogen and oxygen atoms in total. The predicted octanol–water partition coefficient (Wildman–Crippen LogP) is 3.30. The number of rotatable bonds is 5. The molecule has 4 rings (SSSR count). The van der Waals surface area contributed by atoms with E-state index in [0.29, 0.717) is 11.3 Å². The van der Waals surface area contributed by atoms with Crippen LogP contribution in [0.25, 0.3) is 16.9 Å². The van der Waals surface area contributed by atoms with Gasteiger partial charge in [0.1, 0.15) is 5.69 Å². The molecule has 0 aliphatic rings. The number of hydrogen-bond donors (Lipinski definition) is 2. The van der Waals surface area contributed by atoms with E-state index in [1.807, 2.05) is 30.3 Å². The zero-order valence-electron chi connectivity index (χ0n) is 15.3. The van der Waals surface area contributed by atoms with Gasteiger partial charge in [-0.3, -0.25) is 4.79 Å². The van der Waals surface area contributed by atoms with Crippen LogP contribution in [-0.2, 0) is 6.54 Å². The third-order valence-corrected chi connectivity index (χ3v) is 4.39. The number of nitrogens with one attached hydrogen (secondary N) is 1. The quantitative estimate of drug-likeness (QED) is 0.528. The second-order valence-corrected chi connectivity index (χ2v) is 6.43. The van der Waals surface area contributed by atoms with E-state index in [1.165, 1.54) is 6.07 Å². The van der Waals surface area contributed by atoms with Gasteiger partial charge >= 0.3 is 5.97 Å². The number of amides is 1. The Labute approximate surface area is 168 Å². The Balaban J connectivity index is 1.65. The monoisotopic (exact) mass is 408 g/mol. The van der Waals surface area contributed by atoms with Crippen molar-refractivity contribution in [3.05, 3.63) is 89.2 Å². The Hall–Kier alpha value is -4.14. The zero-order valence-corrected chi connectivity index (χ0v) is 15.3. The molecule has 150 valence electrons. The molecular formula is C21H14F2N4O3. The molecule has 2 aromatic heterocycles. The highest BCUT2D eigenvalue weighted by Crippen LogP contribution is 2.20. The number of carboxylic acids is 1. The molecule has 2 N–H and O–H groups in total. The lowest BCUT2D eigenvalue weighted by molar-refractivity contribution is 0.0687. The predicted molar refractivity (Wildman–Crippen MR) is 103 cm³/mol. The van der Waals surface area contributed by atoms with Gasteiger partial charge in [-0.1, -0.05) is 36.4 Å². The van der Waals surface area contributed by atoms with Gasteiger partial charge in [-0.2, -0.15) is 5.10 Å². The molecule has 30 heavy (non-hydrogen) atoms. The minimum absolute atomic E-state index is 0.0835. The van der Waals surface area contributed by atoms with Gasteiger partial charge in [0.2, 0.25) is 0 Å². The first-order valence-corrected chi connectivity index (χ1v) is 8.84. The van der Waals surface area contributed by atoms with Crippen LogP contribution < -0.4 is 5.32 Å². The second kappa shape index (κ2) is 7.70. The van der Waals surface area contributed by atoms with Crippen molar-refractivity contribution in [1.82, 2.24) is 19.9 Å². The number of nitrogens with zero attached hydrogens (tertiary/aromatic N) is 3. The first kappa shape index (κ1) is 19.2. The molecule has 0 saturated carbocycles. The summed E-state index contributed by atoms with van der Waals surface area (Å²) in [7, 11) is 0. The van der Waals surface area contributed by atoms with Crippen molar-refractivity contribution in [2.45, 2.75) is 6.54 Å². The number of carbonyl (C=O) groups excluding carboxylic acids is 1. The lowest BCUT2D eigenvalue weighted by atomic mass is 10.2. The molecule has 0 spiro atoms. The molecule has 0 atom stereocenters. The fourth-order valence-electron chi connectivity index (χ4n) is 2.92. The summed E-state index contributed by atoms with van der Waals surface area (Å²) in [5, 5.41) is 16.3. The molecule has 0 bridgehead atoms. The van der Waals surface area contributed by atoms with Crippen molar-refractivity contribution in [1.29, 1.82) is 0 Å². The number of carbonyl (C=O) groups is 2. The van der Waals surface area contributed by atoms with Crippen molar-refractivity contribution < 1.29 is 23.5 Å². The van der Waals surface area contributed by atoms with E-state index in [0.717, 1.165) is 28.3 Å². The highest BCUT2D eigenvalue weighted by atomic mass is 19.2. The maximum atomic E-state index is 13.3. The van der Waals surface area contributed by atoms with Crippen LogP contribution in [0.2, 0.25) is 0 Å². The first-order valence-electron chi connectivity index (χ1n) is 8.84. The molecule has 2 heterocycles. The number of fused-ring (bicyclic) bond motifs is 1. The Bertz CT molecular complexity index is 1270. The molecule has 0 aliphatic carbocycles. The van der Waals surface area contributed by atoms with Crippen molar-refractivity contribution in [2.75, 3.05) is 0 Å². The van der Waals surface area contributed by atoms with Gasteiger partial charge < -0.3 is 10.4 Å². The van der Waals surface area contributed by atoms with Gasteiger partial charge in [0.25, 0.3) is 5.91 Å². The van der Waals surface area contributed by atoms with Crippen molar-refractivity contribution in [3.8, 4) is 11.3 Å². The smallest absolute Gasteiger partial charge is 0.354 e. The van der Waals surface area contributed by atoms with Crippen LogP contribution in [0.4, 0.5) is 8.78 Å². The van der Waals surface area contributed by atoms with Gasteiger partial charge in [0.05, 0.1) is 5.69 Å². The summed E-state index contributed by atoms with van der Waals surface area (Å²) in [5.74, 6) is -3.95. The molecule has 0 unspecified atom stereocenters. The molecule has 0 aliphatic heterocycles. The number of hydrogen-bond acceptors (Lipinski definition) is 4. The fraction of sp³-hybridized carbons (Fsp3) is 0.0476. The van der Waals surface area contributed by atoms with E-state index < -0.39 is 23.5 Å². The van der Waals surface area contributed by atoms with Crippen molar-refractivity contribution in [3.63, 3.8) is 0 Å². The number of aromatic nitrogens is 3. The summed E-state index contributed by atoms with van der Waals surface area (Å²) < 4.78 is 27.5. The molecule has 1 amide bonds. The van der Waals surface area contributed by atoms with Gasteiger partial charge in [0, 0.05) is 24.2 Å². The largest absolute Gasteiger partial charge is 0.477 e. The Kier molecular flexibility index (Phi) is 4.93. The van der Waals surface area contributed by atoms with Gasteiger partial charge in [-0.25, -0.2) is 23.1 Å². The maximum absolute atomic E-state index is 13.3. The van der Waals surface area contributed by atoms with Gasteiger partial charge in [-0.05, 0) is 17.7 Å². The van der Waals surface area contributed by atoms with Gasteiger partial charge in [-0.15, -0.1) is 0 Å². The Morgan fingerprint density at radius 2 is 1.77 bits per heavy atom. The molecular weight excluding hydrogens is 394 g/mol. The average molecular weight is 408 g/mol. The van der Waals surface area contributed by atoms with E-state index in [2.05, 4.69) is 15.4 Å². The third-order valence-electron chi connectivity index (χ3n) is 4.39. The van der Waals surface area contributed by atoms with Crippen LogP contribution in [0, 0.1) is 11.6 Å².